The molecule has 104 valence electrons. The van der Waals surface area contributed by atoms with Gasteiger partial charge in [0.25, 0.3) is 0 Å². The third-order valence-corrected chi connectivity index (χ3v) is 5.21. The second-order valence-electron chi connectivity index (χ2n) is 4.63. The molecule has 3 rings (SSSR count). The number of hydrogen-bond donors (Lipinski definition) is 0. The first-order valence-corrected chi connectivity index (χ1v) is 8.26. The normalized spacial score (nSPS) is 13.3. The third-order valence-electron chi connectivity index (χ3n) is 3.35. The number of ether oxygens (including phenoxy) is 1. The molecule has 1 heterocycles. The molecule has 0 saturated carbocycles. The topological polar surface area (TPSA) is 39.2 Å². The summed E-state index contributed by atoms with van der Waals surface area (Å²) in [4.78, 5) is 17.4. The van der Waals surface area contributed by atoms with Gasteiger partial charge in [0.1, 0.15) is 0 Å². The largest absolute Gasteiger partial charge is 0.461 e. The van der Waals surface area contributed by atoms with Crippen molar-refractivity contribution in [3.8, 4) is 10.4 Å². The second kappa shape index (κ2) is 5.66. The van der Waals surface area contributed by atoms with Gasteiger partial charge in [-0.25, -0.2) is 9.78 Å². The highest BCUT2D eigenvalue weighted by Crippen LogP contribution is 2.39. The Bertz CT molecular complexity index is 666. The molecule has 0 N–H and O–H groups in total. The van der Waals surface area contributed by atoms with Crippen molar-refractivity contribution in [1.82, 2.24) is 4.98 Å². The number of aryl methyl sites for hydroxylation is 1. The zero-order valence-corrected chi connectivity index (χ0v) is 13.5. The molecule has 3 nitrogen and oxygen atoms in total. The smallest absolute Gasteiger partial charge is 0.367 e. The van der Waals surface area contributed by atoms with Crippen molar-refractivity contribution in [3.05, 3.63) is 38.9 Å². The molecule has 1 aliphatic carbocycles. The van der Waals surface area contributed by atoms with Crippen molar-refractivity contribution >= 4 is 33.2 Å². The van der Waals surface area contributed by atoms with E-state index in [1.807, 2.05) is 13.0 Å². The van der Waals surface area contributed by atoms with Crippen molar-refractivity contribution < 1.29 is 9.53 Å². The van der Waals surface area contributed by atoms with Crippen LogP contribution in [0.3, 0.4) is 0 Å². The van der Waals surface area contributed by atoms with Crippen molar-refractivity contribution in [3.63, 3.8) is 0 Å². The SMILES string of the molecule is CCOC(=O)c1nc2c(s1)-c1cccc(Br)c1CCC2. The van der Waals surface area contributed by atoms with Gasteiger partial charge in [-0.05, 0) is 43.4 Å². The van der Waals surface area contributed by atoms with E-state index < -0.39 is 0 Å². The van der Waals surface area contributed by atoms with Gasteiger partial charge >= 0.3 is 5.97 Å². The summed E-state index contributed by atoms with van der Waals surface area (Å²) in [7, 11) is 0. The van der Waals surface area contributed by atoms with Crippen LogP contribution >= 0.6 is 27.3 Å². The first-order valence-electron chi connectivity index (χ1n) is 6.65. The Hall–Kier alpha value is -1.20. The van der Waals surface area contributed by atoms with E-state index >= 15 is 0 Å². The molecule has 1 aromatic heterocycles. The molecule has 20 heavy (non-hydrogen) atoms. The molecule has 0 aliphatic heterocycles. The molecule has 0 atom stereocenters. The molecule has 2 aromatic rings. The van der Waals surface area contributed by atoms with Crippen LogP contribution in [0.2, 0.25) is 0 Å². The van der Waals surface area contributed by atoms with Crippen LogP contribution in [0.15, 0.2) is 22.7 Å². The van der Waals surface area contributed by atoms with Crippen LogP contribution in [-0.4, -0.2) is 17.6 Å². The first-order chi connectivity index (χ1) is 9.70. The summed E-state index contributed by atoms with van der Waals surface area (Å²) >= 11 is 5.06. The maximum absolute atomic E-state index is 11.8. The highest BCUT2D eigenvalue weighted by molar-refractivity contribution is 9.10. The van der Waals surface area contributed by atoms with Crippen LogP contribution in [0, 0.1) is 0 Å². The molecule has 0 unspecified atom stereocenters. The van der Waals surface area contributed by atoms with Gasteiger partial charge in [-0.15, -0.1) is 11.3 Å². The van der Waals surface area contributed by atoms with Crippen molar-refractivity contribution in [2.75, 3.05) is 6.61 Å². The fraction of sp³-hybridized carbons (Fsp3) is 0.333. The van der Waals surface area contributed by atoms with Gasteiger partial charge in [-0.1, -0.05) is 28.1 Å². The lowest BCUT2D eigenvalue weighted by atomic mass is 10.0. The molecule has 1 aromatic carbocycles. The zero-order chi connectivity index (χ0) is 14.1. The van der Waals surface area contributed by atoms with Crippen molar-refractivity contribution in [2.24, 2.45) is 0 Å². The Morgan fingerprint density at radius 1 is 1.45 bits per heavy atom. The Labute approximate surface area is 130 Å². The van der Waals surface area contributed by atoms with Crippen LogP contribution in [0.4, 0.5) is 0 Å². The molecular weight excluding hydrogens is 338 g/mol. The van der Waals surface area contributed by atoms with Gasteiger partial charge in [0.05, 0.1) is 17.2 Å². The number of nitrogens with zero attached hydrogens (tertiary/aromatic N) is 1. The standard InChI is InChI=1S/C15H14BrNO2S/c1-2-19-15(18)14-17-12-8-4-5-9-10(13(12)20-14)6-3-7-11(9)16/h3,6-7H,2,4-5,8H2,1H3. The average Bonchev–Trinajstić information content (AvgIpc) is 2.77. The lowest BCUT2D eigenvalue weighted by molar-refractivity contribution is 0.0525. The van der Waals surface area contributed by atoms with Crippen LogP contribution < -0.4 is 0 Å². The van der Waals surface area contributed by atoms with Crippen LogP contribution in [0.25, 0.3) is 10.4 Å². The predicted octanol–water partition coefficient (Wildman–Crippen LogP) is 4.24. The van der Waals surface area contributed by atoms with E-state index in [4.69, 9.17) is 4.74 Å². The van der Waals surface area contributed by atoms with E-state index in [0.29, 0.717) is 11.6 Å². The third kappa shape index (κ3) is 2.40. The summed E-state index contributed by atoms with van der Waals surface area (Å²) in [5, 5.41) is 0.463. The molecule has 0 spiro atoms. The highest BCUT2D eigenvalue weighted by atomic mass is 79.9. The minimum Gasteiger partial charge on any atom is -0.461 e. The number of benzene rings is 1. The molecule has 0 radical (unpaired) electrons. The fourth-order valence-electron chi connectivity index (χ4n) is 2.47. The predicted molar refractivity (Wildman–Crippen MR) is 83.2 cm³/mol. The van der Waals surface area contributed by atoms with E-state index in [9.17, 15) is 4.79 Å². The Balaban J connectivity index is 2.10. The Morgan fingerprint density at radius 3 is 3.10 bits per heavy atom. The van der Waals surface area contributed by atoms with Crippen LogP contribution in [0.1, 0.15) is 34.4 Å². The summed E-state index contributed by atoms with van der Waals surface area (Å²) in [6.07, 6.45) is 3.00. The number of halogens is 1. The quantitative estimate of drug-likeness (QED) is 0.759. The molecule has 0 amide bonds. The number of thiazole rings is 1. The number of rotatable bonds is 2. The zero-order valence-electron chi connectivity index (χ0n) is 11.1. The number of aromatic nitrogens is 1. The van der Waals surface area contributed by atoms with Crippen molar-refractivity contribution in [1.29, 1.82) is 0 Å². The average molecular weight is 352 g/mol. The van der Waals surface area contributed by atoms with E-state index in [0.717, 1.165) is 34.3 Å². The van der Waals surface area contributed by atoms with Gasteiger partial charge in [-0.3, -0.25) is 0 Å². The molecule has 0 saturated heterocycles. The van der Waals surface area contributed by atoms with E-state index in [1.54, 1.807) is 0 Å². The molecule has 5 heteroatoms. The minimum atomic E-state index is -0.317. The van der Waals surface area contributed by atoms with Crippen molar-refractivity contribution in [2.45, 2.75) is 26.2 Å². The number of hydrogen-bond acceptors (Lipinski definition) is 4. The molecular formula is C15H14BrNO2S. The summed E-state index contributed by atoms with van der Waals surface area (Å²) in [6, 6.07) is 6.20. The second-order valence-corrected chi connectivity index (χ2v) is 6.49. The summed E-state index contributed by atoms with van der Waals surface area (Å²) < 4.78 is 6.18. The number of carbonyl (C=O) groups excluding carboxylic acids is 1. The Morgan fingerprint density at radius 2 is 2.30 bits per heavy atom. The monoisotopic (exact) mass is 351 g/mol. The Kier molecular flexibility index (Phi) is 3.89. The number of esters is 1. The van der Waals surface area contributed by atoms with Gasteiger partial charge in [-0.2, -0.15) is 0 Å². The lowest BCUT2D eigenvalue weighted by Crippen LogP contribution is -2.04. The molecule has 0 bridgehead atoms. The van der Waals surface area contributed by atoms with Crippen LogP contribution in [0.5, 0.6) is 0 Å². The molecule has 0 fully saturated rings. The van der Waals surface area contributed by atoms with Crippen LogP contribution in [-0.2, 0) is 17.6 Å². The maximum atomic E-state index is 11.8. The fourth-order valence-corrected chi connectivity index (χ4v) is 4.09. The number of fused-ring (bicyclic) bond motifs is 3. The maximum Gasteiger partial charge on any atom is 0.367 e. The van der Waals surface area contributed by atoms with E-state index in [2.05, 4.69) is 33.0 Å². The summed E-state index contributed by atoms with van der Waals surface area (Å²) in [5.41, 5.74) is 3.53. The summed E-state index contributed by atoms with van der Waals surface area (Å²) in [6.45, 7) is 2.19. The van der Waals surface area contributed by atoms with E-state index in [1.165, 1.54) is 22.5 Å². The van der Waals surface area contributed by atoms with Gasteiger partial charge in [0.2, 0.25) is 5.01 Å². The van der Waals surface area contributed by atoms with Gasteiger partial charge in [0.15, 0.2) is 0 Å². The first kappa shape index (κ1) is 13.8. The highest BCUT2D eigenvalue weighted by Gasteiger charge is 2.23. The van der Waals surface area contributed by atoms with Gasteiger partial charge < -0.3 is 4.74 Å². The lowest BCUT2D eigenvalue weighted by Gasteiger charge is -2.07. The summed E-state index contributed by atoms with van der Waals surface area (Å²) in [5.74, 6) is -0.317. The van der Waals surface area contributed by atoms with E-state index in [-0.39, 0.29) is 5.97 Å². The van der Waals surface area contributed by atoms with Gasteiger partial charge in [0, 0.05) is 4.47 Å². The molecule has 1 aliphatic rings. The number of carbonyl (C=O) groups is 1. The minimum absolute atomic E-state index is 0.317.